The molecule has 1 heterocycles. The molecule has 2 aliphatic rings. The topological polar surface area (TPSA) is 46.3 Å². The number of benzene rings is 1. The molecule has 3 nitrogen and oxygen atoms in total. The highest BCUT2D eigenvalue weighted by Gasteiger charge is 2.38. The maximum atomic E-state index is 12.8. The van der Waals surface area contributed by atoms with Crippen LogP contribution >= 0.6 is 0 Å². The Morgan fingerprint density at radius 1 is 1.00 bits per heavy atom. The molecule has 1 aromatic rings. The summed E-state index contributed by atoms with van der Waals surface area (Å²) in [6.45, 7) is 1.63. The van der Waals surface area contributed by atoms with Gasteiger partial charge in [-0.25, -0.2) is 0 Å². The van der Waals surface area contributed by atoms with Gasteiger partial charge in [0.1, 0.15) is 0 Å². The highest BCUT2D eigenvalue weighted by molar-refractivity contribution is 5.86. The van der Waals surface area contributed by atoms with Crippen molar-refractivity contribution < 1.29 is 4.79 Å². The average Bonchev–Trinajstić information content (AvgIpc) is 2.70. The third-order valence-corrected chi connectivity index (χ3v) is 4.88. The Morgan fingerprint density at radius 2 is 1.55 bits per heavy atom. The third-order valence-electron chi connectivity index (χ3n) is 4.88. The maximum absolute atomic E-state index is 12.8. The van der Waals surface area contributed by atoms with E-state index in [0.717, 1.165) is 51.6 Å². The van der Waals surface area contributed by atoms with Crippen LogP contribution in [0.4, 0.5) is 0 Å². The predicted octanol–water partition coefficient (Wildman–Crippen LogP) is 2.28. The molecular weight excluding hydrogens is 248 g/mol. The van der Waals surface area contributed by atoms with Gasteiger partial charge in [0.2, 0.25) is 5.91 Å². The molecule has 0 atom stereocenters. The zero-order valence-electron chi connectivity index (χ0n) is 12.1. The Morgan fingerprint density at radius 3 is 2.10 bits per heavy atom. The monoisotopic (exact) mass is 272 g/mol. The van der Waals surface area contributed by atoms with Gasteiger partial charge in [0, 0.05) is 13.1 Å². The van der Waals surface area contributed by atoms with Crippen molar-refractivity contribution in [3.8, 4) is 0 Å². The Kier molecular flexibility index (Phi) is 3.79. The molecule has 1 aromatic carbocycles. The van der Waals surface area contributed by atoms with Crippen LogP contribution in [0.3, 0.4) is 0 Å². The van der Waals surface area contributed by atoms with Gasteiger partial charge in [0.05, 0.1) is 5.54 Å². The molecule has 0 unspecified atom stereocenters. The van der Waals surface area contributed by atoms with Crippen molar-refractivity contribution in [3.05, 3.63) is 35.4 Å². The van der Waals surface area contributed by atoms with Crippen LogP contribution in [0.15, 0.2) is 24.3 Å². The number of hydrogen-bond acceptors (Lipinski definition) is 2. The van der Waals surface area contributed by atoms with Crippen LogP contribution in [0.1, 0.15) is 43.2 Å². The fraction of sp³-hybridized carbons (Fsp3) is 0.588. The zero-order chi connectivity index (χ0) is 14.0. The number of fused-ring (bicyclic) bond motifs is 1. The second-order valence-corrected chi connectivity index (χ2v) is 6.28. The van der Waals surface area contributed by atoms with E-state index in [1.54, 1.807) is 0 Å². The molecule has 1 saturated carbocycles. The van der Waals surface area contributed by atoms with E-state index in [0.29, 0.717) is 0 Å². The van der Waals surface area contributed by atoms with Crippen LogP contribution < -0.4 is 5.73 Å². The molecular formula is C17H24N2O. The molecule has 108 valence electrons. The molecule has 1 amide bonds. The summed E-state index contributed by atoms with van der Waals surface area (Å²) < 4.78 is 0. The quantitative estimate of drug-likeness (QED) is 0.852. The van der Waals surface area contributed by atoms with E-state index in [1.165, 1.54) is 17.5 Å². The van der Waals surface area contributed by atoms with Gasteiger partial charge in [-0.05, 0) is 36.8 Å². The first-order valence-electron chi connectivity index (χ1n) is 7.84. The number of nitrogens with two attached hydrogens (primary N) is 1. The summed E-state index contributed by atoms with van der Waals surface area (Å²) in [6.07, 6.45) is 7.03. The molecule has 1 aliphatic carbocycles. The predicted molar refractivity (Wildman–Crippen MR) is 80.4 cm³/mol. The molecule has 1 aliphatic heterocycles. The molecule has 1 fully saturated rings. The zero-order valence-corrected chi connectivity index (χ0v) is 12.1. The molecule has 20 heavy (non-hydrogen) atoms. The number of nitrogens with zero attached hydrogens (tertiary/aromatic N) is 1. The molecule has 3 heteroatoms. The molecule has 3 rings (SSSR count). The van der Waals surface area contributed by atoms with Crippen molar-refractivity contribution in [3.63, 3.8) is 0 Å². The minimum absolute atomic E-state index is 0.185. The number of hydrogen-bond donors (Lipinski definition) is 1. The normalized spacial score (nSPS) is 21.9. The van der Waals surface area contributed by atoms with Crippen LogP contribution in [0.2, 0.25) is 0 Å². The first kappa shape index (κ1) is 13.6. The van der Waals surface area contributed by atoms with E-state index in [4.69, 9.17) is 5.73 Å². The molecule has 0 saturated heterocycles. The summed E-state index contributed by atoms with van der Waals surface area (Å²) in [5.41, 5.74) is 8.58. The van der Waals surface area contributed by atoms with E-state index < -0.39 is 5.54 Å². The van der Waals surface area contributed by atoms with Crippen molar-refractivity contribution in [1.29, 1.82) is 0 Å². The Hall–Kier alpha value is -1.35. The van der Waals surface area contributed by atoms with Gasteiger partial charge >= 0.3 is 0 Å². The molecule has 0 radical (unpaired) electrons. The first-order valence-corrected chi connectivity index (χ1v) is 7.84. The number of rotatable bonds is 1. The van der Waals surface area contributed by atoms with E-state index in [-0.39, 0.29) is 5.91 Å². The molecule has 0 aromatic heterocycles. The van der Waals surface area contributed by atoms with Crippen LogP contribution in [-0.2, 0) is 17.6 Å². The number of amides is 1. The van der Waals surface area contributed by atoms with Crippen LogP contribution in [0, 0.1) is 0 Å². The fourth-order valence-electron chi connectivity index (χ4n) is 3.58. The van der Waals surface area contributed by atoms with Crippen molar-refractivity contribution in [2.24, 2.45) is 5.73 Å². The lowest BCUT2D eigenvalue weighted by molar-refractivity contribution is -0.138. The van der Waals surface area contributed by atoms with Crippen LogP contribution in [0.5, 0.6) is 0 Å². The van der Waals surface area contributed by atoms with Crippen molar-refractivity contribution in [1.82, 2.24) is 4.90 Å². The number of carbonyl (C=O) groups excluding carboxylic acids is 1. The van der Waals surface area contributed by atoms with Gasteiger partial charge < -0.3 is 10.6 Å². The van der Waals surface area contributed by atoms with Crippen molar-refractivity contribution >= 4 is 5.91 Å². The molecule has 2 N–H and O–H groups in total. The lowest BCUT2D eigenvalue weighted by Gasteiger charge is -2.36. The average molecular weight is 272 g/mol. The second-order valence-electron chi connectivity index (χ2n) is 6.28. The van der Waals surface area contributed by atoms with Gasteiger partial charge in [0.25, 0.3) is 0 Å². The molecule has 0 spiro atoms. The van der Waals surface area contributed by atoms with Crippen molar-refractivity contribution in [2.75, 3.05) is 13.1 Å². The van der Waals surface area contributed by atoms with Gasteiger partial charge in [-0.3, -0.25) is 4.79 Å². The highest BCUT2D eigenvalue weighted by Crippen LogP contribution is 2.28. The van der Waals surface area contributed by atoms with Gasteiger partial charge in [-0.1, -0.05) is 43.5 Å². The van der Waals surface area contributed by atoms with E-state index in [1.807, 2.05) is 4.90 Å². The van der Waals surface area contributed by atoms with E-state index in [2.05, 4.69) is 24.3 Å². The SMILES string of the molecule is NC1(C(=O)N2CCc3ccccc3CC2)CCCCC1. The summed E-state index contributed by atoms with van der Waals surface area (Å²) in [4.78, 5) is 14.8. The minimum atomic E-state index is -0.589. The first-order chi connectivity index (χ1) is 9.69. The summed E-state index contributed by atoms with van der Waals surface area (Å²) in [5, 5.41) is 0. The van der Waals surface area contributed by atoms with Crippen LogP contribution in [-0.4, -0.2) is 29.4 Å². The third kappa shape index (κ3) is 2.59. The van der Waals surface area contributed by atoms with Crippen LogP contribution in [0.25, 0.3) is 0 Å². The van der Waals surface area contributed by atoms with Crippen molar-refractivity contribution in [2.45, 2.75) is 50.5 Å². The Balaban J connectivity index is 1.71. The lowest BCUT2D eigenvalue weighted by Crippen LogP contribution is -2.56. The van der Waals surface area contributed by atoms with E-state index in [9.17, 15) is 4.79 Å². The van der Waals surface area contributed by atoms with E-state index >= 15 is 0 Å². The second kappa shape index (κ2) is 5.57. The summed E-state index contributed by atoms with van der Waals surface area (Å²) in [6, 6.07) is 8.54. The Bertz CT molecular complexity index is 465. The largest absolute Gasteiger partial charge is 0.340 e. The summed E-state index contributed by atoms with van der Waals surface area (Å²) in [7, 11) is 0. The maximum Gasteiger partial charge on any atom is 0.242 e. The minimum Gasteiger partial charge on any atom is -0.340 e. The van der Waals surface area contributed by atoms with Gasteiger partial charge in [-0.2, -0.15) is 0 Å². The standard InChI is InChI=1S/C17H24N2O/c18-17(10-4-1-5-11-17)16(20)19-12-8-14-6-2-3-7-15(14)9-13-19/h2-3,6-7H,1,4-5,8-13,18H2. The van der Waals surface area contributed by atoms with Gasteiger partial charge in [0.15, 0.2) is 0 Å². The smallest absolute Gasteiger partial charge is 0.242 e. The molecule has 0 bridgehead atoms. The lowest BCUT2D eigenvalue weighted by atomic mass is 9.81. The Labute approximate surface area is 121 Å². The summed E-state index contributed by atoms with van der Waals surface area (Å²) >= 11 is 0. The summed E-state index contributed by atoms with van der Waals surface area (Å²) in [5.74, 6) is 0.185. The number of carbonyl (C=O) groups is 1. The fourth-order valence-corrected chi connectivity index (χ4v) is 3.58. The van der Waals surface area contributed by atoms with Gasteiger partial charge in [-0.15, -0.1) is 0 Å². The highest BCUT2D eigenvalue weighted by atomic mass is 16.2.